The molecule has 0 spiro atoms. The standard InChI is InChI=1S/C41H41F2N5O5/c1-4-48(41(40(49)50-5-2)23-27-14-16-30(41)20-27)36-34(42)38(52-31-13-9-12-29(22-31)37-45-18-19-47(37)3)46-39(35(36)43)53-33-21-28(24-44)15-17-32(33)51-25-26-10-7-6-8-11-26/h6-13,15,17,21-22,27,30H,4-5,14,16,18-20,23,25H2,1-3H3. The van der Waals surface area contributed by atoms with Crippen LogP contribution in [0.15, 0.2) is 77.8 Å². The van der Waals surface area contributed by atoms with Crippen LogP contribution in [0.2, 0.25) is 0 Å². The normalized spacial score (nSPS) is 20.2. The first-order valence-corrected chi connectivity index (χ1v) is 18.0. The van der Waals surface area contributed by atoms with E-state index in [-0.39, 0.29) is 54.4 Å². The zero-order valence-corrected chi connectivity index (χ0v) is 30.0. The number of carbonyl (C=O) groups excluding carboxylic acids is 1. The van der Waals surface area contributed by atoms with E-state index in [0.29, 0.717) is 13.0 Å². The number of nitrogens with zero attached hydrogens (tertiary/aromatic N) is 5. The van der Waals surface area contributed by atoms with Crippen molar-refractivity contribution in [3.8, 4) is 35.1 Å². The van der Waals surface area contributed by atoms with Crippen molar-refractivity contribution in [3.05, 3.63) is 101 Å². The first-order valence-electron chi connectivity index (χ1n) is 18.0. The maximum absolute atomic E-state index is 17.2. The summed E-state index contributed by atoms with van der Waals surface area (Å²) in [6.07, 6.45) is 2.82. The maximum Gasteiger partial charge on any atom is 0.332 e. The van der Waals surface area contributed by atoms with E-state index in [1.807, 2.05) is 48.3 Å². The van der Waals surface area contributed by atoms with Crippen molar-refractivity contribution in [2.24, 2.45) is 16.8 Å². The summed E-state index contributed by atoms with van der Waals surface area (Å²) in [4.78, 5) is 26.3. The fourth-order valence-electron chi connectivity index (χ4n) is 8.02. The third-order valence-corrected chi connectivity index (χ3v) is 10.4. The number of halogens is 2. The van der Waals surface area contributed by atoms with Crippen LogP contribution in [-0.2, 0) is 16.1 Å². The predicted octanol–water partition coefficient (Wildman–Crippen LogP) is 8.04. The van der Waals surface area contributed by atoms with E-state index in [1.165, 1.54) is 11.0 Å². The highest BCUT2D eigenvalue weighted by Crippen LogP contribution is 2.56. The van der Waals surface area contributed by atoms with Gasteiger partial charge in [-0.2, -0.15) is 19.0 Å². The Bertz CT molecular complexity index is 2070. The van der Waals surface area contributed by atoms with Crippen LogP contribution in [0.25, 0.3) is 0 Å². The number of carbonyl (C=O) groups is 1. The summed E-state index contributed by atoms with van der Waals surface area (Å²) in [7, 11) is 1.93. The van der Waals surface area contributed by atoms with Crippen LogP contribution < -0.4 is 19.1 Å². The Morgan fingerprint density at radius 3 is 2.45 bits per heavy atom. The number of esters is 1. The number of benzene rings is 3. The Kier molecular flexibility index (Phi) is 10.2. The van der Waals surface area contributed by atoms with Crippen molar-refractivity contribution < 1.29 is 32.5 Å². The molecule has 4 aromatic rings. The van der Waals surface area contributed by atoms with Gasteiger partial charge in [0.1, 0.15) is 29.4 Å². The lowest BCUT2D eigenvalue weighted by Gasteiger charge is -2.45. The number of likely N-dealkylation sites (N-methyl/N-ethyl adjacent to an activating group) is 2. The van der Waals surface area contributed by atoms with Gasteiger partial charge in [0.15, 0.2) is 11.5 Å². The topological polar surface area (TPSA) is 110 Å². The molecule has 0 saturated heterocycles. The largest absolute Gasteiger partial charge is 0.485 e. The van der Waals surface area contributed by atoms with Crippen LogP contribution in [0.3, 0.4) is 0 Å². The van der Waals surface area contributed by atoms with Gasteiger partial charge in [0.25, 0.3) is 11.8 Å². The van der Waals surface area contributed by atoms with E-state index >= 15 is 8.78 Å². The Morgan fingerprint density at radius 1 is 1.00 bits per heavy atom. The minimum Gasteiger partial charge on any atom is -0.485 e. The smallest absolute Gasteiger partial charge is 0.332 e. The Morgan fingerprint density at radius 2 is 1.79 bits per heavy atom. The second-order valence-electron chi connectivity index (χ2n) is 13.6. The van der Waals surface area contributed by atoms with Crippen molar-refractivity contribution in [1.82, 2.24) is 9.88 Å². The lowest BCUT2D eigenvalue weighted by Crippen LogP contribution is -2.59. The number of pyridine rings is 1. The average molecular weight is 722 g/mol. The molecule has 1 aromatic heterocycles. The Hall–Kier alpha value is -5.70. The van der Waals surface area contributed by atoms with E-state index in [4.69, 9.17) is 18.9 Å². The molecule has 2 aliphatic carbocycles. The zero-order chi connectivity index (χ0) is 37.1. The van der Waals surface area contributed by atoms with Crippen LogP contribution in [0, 0.1) is 34.8 Å². The molecule has 2 bridgehead atoms. The van der Waals surface area contributed by atoms with Gasteiger partial charge in [-0.25, -0.2) is 4.79 Å². The van der Waals surface area contributed by atoms with Crippen molar-refractivity contribution in [3.63, 3.8) is 0 Å². The molecular weight excluding hydrogens is 680 g/mol. The highest BCUT2D eigenvalue weighted by Gasteiger charge is 2.60. The molecule has 3 unspecified atom stereocenters. The van der Waals surface area contributed by atoms with Gasteiger partial charge in [0.2, 0.25) is 11.6 Å². The molecule has 2 fully saturated rings. The van der Waals surface area contributed by atoms with E-state index in [2.05, 4.69) is 16.0 Å². The van der Waals surface area contributed by atoms with Gasteiger partial charge in [-0.1, -0.05) is 42.5 Å². The van der Waals surface area contributed by atoms with Gasteiger partial charge < -0.3 is 28.7 Å². The van der Waals surface area contributed by atoms with Gasteiger partial charge in [-0.15, -0.1) is 0 Å². The van der Waals surface area contributed by atoms with Crippen molar-refractivity contribution >= 4 is 17.5 Å². The van der Waals surface area contributed by atoms with Crippen LogP contribution in [0.5, 0.6) is 29.0 Å². The van der Waals surface area contributed by atoms with Gasteiger partial charge >= 0.3 is 5.97 Å². The number of nitriles is 1. The fraction of sp³-hybridized carbons (Fsp3) is 0.366. The van der Waals surface area contributed by atoms with Gasteiger partial charge in [-0.05, 0) is 81.2 Å². The van der Waals surface area contributed by atoms with Gasteiger partial charge in [0, 0.05) is 31.8 Å². The van der Waals surface area contributed by atoms with E-state index in [1.54, 1.807) is 44.2 Å². The average Bonchev–Trinajstić information content (AvgIpc) is 3.92. The minimum absolute atomic E-state index is 0.0118. The summed E-state index contributed by atoms with van der Waals surface area (Å²) in [6.45, 7) is 5.24. The molecule has 3 atom stereocenters. The van der Waals surface area contributed by atoms with Gasteiger partial charge in [0.05, 0.1) is 24.8 Å². The number of hydrogen-bond acceptors (Lipinski definition) is 10. The molecule has 0 radical (unpaired) electrons. The van der Waals surface area contributed by atoms with Crippen molar-refractivity contribution in [2.45, 2.75) is 51.7 Å². The van der Waals surface area contributed by atoms with E-state index in [0.717, 1.165) is 42.8 Å². The molecule has 274 valence electrons. The summed E-state index contributed by atoms with van der Waals surface area (Å²) < 4.78 is 58.2. The molecule has 0 amide bonds. The molecule has 12 heteroatoms. The van der Waals surface area contributed by atoms with Crippen molar-refractivity contribution in [2.75, 3.05) is 38.2 Å². The molecule has 0 N–H and O–H groups in total. The molecule has 3 aromatic carbocycles. The minimum atomic E-state index is -1.30. The maximum atomic E-state index is 17.2. The first kappa shape index (κ1) is 35.7. The molecule has 7 rings (SSSR count). The lowest BCUT2D eigenvalue weighted by atomic mass is 9.79. The summed E-state index contributed by atoms with van der Waals surface area (Å²) >= 11 is 0. The number of fused-ring (bicyclic) bond motifs is 2. The second kappa shape index (κ2) is 15.1. The molecule has 2 heterocycles. The molecule has 3 aliphatic rings. The summed E-state index contributed by atoms with van der Waals surface area (Å²) in [5.74, 6) is -2.66. The van der Waals surface area contributed by atoms with Crippen LogP contribution in [0.4, 0.5) is 14.5 Å². The van der Waals surface area contributed by atoms with Crippen LogP contribution in [0.1, 0.15) is 56.2 Å². The molecule has 2 saturated carbocycles. The fourth-order valence-corrected chi connectivity index (χ4v) is 8.02. The number of ether oxygens (including phenoxy) is 4. The second-order valence-corrected chi connectivity index (χ2v) is 13.6. The third kappa shape index (κ3) is 6.83. The number of aliphatic imine (C=N–C) groups is 1. The highest BCUT2D eigenvalue weighted by molar-refractivity contribution is 6.00. The zero-order valence-electron chi connectivity index (χ0n) is 30.0. The monoisotopic (exact) mass is 721 g/mol. The number of aromatic nitrogens is 1. The van der Waals surface area contributed by atoms with E-state index < -0.39 is 40.6 Å². The van der Waals surface area contributed by atoms with Crippen LogP contribution >= 0.6 is 0 Å². The van der Waals surface area contributed by atoms with Gasteiger partial charge in [-0.3, -0.25) is 4.99 Å². The first-order chi connectivity index (χ1) is 25.7. The SMILES string of the molecule is CCOC(=O)C1(N(CC)c2c(F)c(Oc3cccc(C4=NCCN4C)c3)nc(Oc3cc(C#N)ccc3OCc3ccccc3)c2F)CC2CCC1C2. The quantitative estimate of drug-likeness (QED) is 0.127. The van der Waals surface area contributed by atoms with E-state index in [9.17, 15) is 10.1 Å². The van der Waals surface area contributed by atoms with Crippen LogP contribution in [-0.4, -0.2) is 60.5 Å². The summed E-state index contributed by atoms with van der Waals surface area (Å²) in [5, 5.41) is 9.72. The predicted molar refractivity (Wildman–Crippen MR) is 195 cm³/mol. The summed E-state index contributed by atoms with van der Waals surface area (Å²) in [6, 6.07) is 23.0. The molecular formula is C41H41F2N5O5. The lowest BCUT2D eigenvalue weighted by molar-refractivity contribution is -0.152. The Balaban J connectivity index is 1.35. The van der Waals surface area contributed by atoms with Crippen molar-refractivity contribution in [1.29, 1.82) is 5.26 Å². The number of anilines is 1. The highest BCUT2D eigenvalue weighted by atomic mass is 19.1. The number of rotatable bonds is 13. The molecule has 53 heavy (non-hydrogen) atoms. The number of hydrogen-bond donors (Lipinski definition) is 0. The summed E-state index contributed by atoms with van der Waals surface area (Å²) in [5.41, 5.74) is 0.0426. The number of amidine groups is 1. The molecule has 1 aliphatic heterocycles. The molecule has 10 nitrogen and oxygen atoms in total. The Labute approximate surface area is 307 Å². The third-order valence-electron chi connectivity index (χ3n) is 10.4.